The molecule has 3 rings (SSSR count). The number of aliphatic hydroxyl groups is 11. The number of amides is 1. The maximum absolute atomic E-state index is 13.0. The Morgan fingerprint density at radius 3 is 1.49 bits per heavy atom. The van der Waals surface area contributed by atoms with Gasteiger partial charge in [-0.15, -0.1) is 0 Å². The molecule has 0 bridgehead atoms. The van der Waals surface area contributed by atoms with Crippen molar-refractivity contribution in [1.29, 1.82) is 0 Å². The first kappa shape index (κ1) is 59.3. The van der Waals surface area contributed by atoms with E-state index in [9.17, 15) is 61.0 Å². The highest BCUT2D eigenvalue weighted by Crippen LogP contribution is 2.33. The van der Waals surface area contributed by atoms with E-state index in [1.807, 2.05) is 6.08 Å². The Morgan fingerprint density at radius 1 is 0.522 bits per heavy atom. The third kappa shape index (κ3) is 20.0. The Hall–Kier alpha value is -1.99. The van der Waals surface area contributed by atoms with Crippen molar-refractivity contribution < 1.29 is 89.4 Å². The van der Waals surface area contributed by atoms with Gasteiger partial charge >= 0.3 is 0 Å². The molecule has 0 aromatic carbocycles. The first-order valence-electron chi connectivity index (χ1n) is 24.7. The van der Waals surface area contributed by atoms with Crippen LogP contribution in [0.5, 0.6) is 0 Å². The van der Waals surface area contributed by atoms with Crippen LogP contribution in [0, 0.1) is 0 Å². The Bertz CT molecular complexity index is 1390. The lowest BCUT2D eigenvalue weighted by Crippen LogP contribution is -2.66. The van der Waals surface area contributed by atoms with Crippen molar-refractivity contribution in [3.8, 4) is 0 Å². The van der Waals surface area contributed by atoms with E-state index in [1.165, 1.54) is 44.9 Å². The first-order chi connectivity index (χ1) is 32.3. The van der Waals surface area contributed by atoms with Crippen LogP contribution in [0.3, 0.4) is 0 Å². The van der Waals surface area contributed by atoms with E-state index in [0.29, 0.717) is 12.8 Å². The average Bonchev–Trinajstić information content (AvgIpc) is 3.32. The summed E-state index contributed by atoms with van der Waals surface area (Å²) in [6, 6.07) is -0.988. The number of unbranched alkanes of at least 4 members (excludes halogenated alkanes) is 13. The van der Waals surface area contributed by atoms with Crippen LogP contribution < -0.4 is 5.32 Å². The molecule has 0 aromatic heterocycles. The lowest BCUT2D eigenvalue weighted by Gasteiger charge is -2.48. The third-order valence-electron chi connectivity index (χ3n) is 12.4. The molecule has 0 saturated carbocycles. The van der Waals surface area contributed by atoms with Gasteiger partial charge in [-0.05, 0) is 44.9 Å². The van der Waals surface area contributed by atoms with Gasteiger partial charge < -0.3 is 89.9 Å². The topological polar surface area (TPSA) is 307 Å². The van der Waals surface area contributed by atoms with E-state index in [0.717, 1.165) is 51.4 Å². The summed E-state index contributed by atoms with van der Waals surface area (Å²) in [5, 5.41) is 119. The highest BCUT2D eigenvalue weighted by atomic mass is 16.8. The van der Waals surface area contributed by atoms with E-state index >= 15 is 0 Å². The van der Waals surface area contributed by atoms with Crippen LogP contribution in [0.2, 0.25) is 0 Å². The normalized spacial score (nSPS) is 33.8. The number of hydrogen-bond donors (Lipinski definition) is 12. The van der Waals surface area contributed by atoms with Gasteiger partial charge in [0.05, 0.1) is 38.6 Å². The largest absolute Gasteiger partial charge is 0.394 e. The summed E-state index contributed by atoms with van der Waals surface area (Å²) in [4.78, 5) is 13.0. The lowest BCUT2D eigenvalue weighted by molar-refractivity contribution is -0.379. The van der Waals surface area contributed by atoms with Crippen LogP contribution in [-0.4, -0.2) is 193 Å². The van der Waals surface area contributed by atoms with Gasteiger partial charge in [-0.25, -0.2) is 0 Å². The minimum absolute atomic E-state index is 0.226. The van der Waals surface area contributed by atoms with Gasteiger partial charge in [-0.2, -0.15) is 0 Å². The van der Waals surface area contributed by atoms with Crippen molar-refractivity contribution in [1.82, 2.24) is 5.32 Å². The summed E-state index contributed by atoms with van der Waals surface area (Å²) in [5.41, 5.74) is 0. The molecule has 12 N–H and O–H groups in total. The van der Waals surface area contributed by atoms with Gasteiger partial charge in [0.2, 0.25) is 5.91 Å². The number of ether oxygens (including phenoxy) is 6. The predicted molar refractivity (Wildman–Crippen MR) is 245 cm³/mol. The fraction of sp³-hybridized carbons (Fsp3) is 0.854. The Labute approximate surface area is 396 Å². The molecule has 0 radical (unpaired) electrons. The summed E-state index contributed by atoms with van der Waals surface area (Å²) in [6.45, 7) is 1.53. The van der Waals surface area contributed by atoms with Gasteiger partial charge in [0.15, 0.2) is 18.9 Å². The molecule has 3 aliphatic heterocycles. The molecule has 3 saturated heterocycles. The summed E-state index contributed by atoms with van der Waals surface area (Å²) in [7, 11) is 0. The Kier molecular flexibility index (Phi) is 29.7. The Balaban J connectivity index is 1.55. The van der Waals surface area contributed by atoms with Gasteiger partial charge in [0.25, 0.3) is 0 Å². The molecule has 3 fully saturated rings. The number of aliphatic hydroxyl groups excluding tert-OH is 11. The smallest absolute Gasteiger partial charge is 0.220 e. The Morgan fingerprint density at radius 2 is 0.955 bits per heavy atom. The van der Waals surface area contributed by atoms with Crippen molar-refractivity contribution in [2.24, 2.45) is 0 Å². The van der Waals surface area contributed by atoms with E-state index < -0.39 is 124 Å². The van der Waals surface area contributed by atoms with Crippen LogP contribution in [0.25, 0.3) is 0 Å². The maximum atomic E-state index is 13.0. The van der Waals surface area contributed by atoms with Gasteiger partial charge in [-0.1, -0.05) is 115 Å². The number of carbonyl (C=O) groups excluding carboxylic acids is 1. The molecular weight excluding hydrogens is 879 g/mol. The molecule has 67 heavy (non-hydrogen) atoms. The average molecular weight is 964 g/mol. The third-order valence-corrected chi connectivity index (χ3v) is 12.4. The van der Waals surface area contributed by atoms with Crippen LogP contribution in [0.15, 0.2) is 36.5 Å². The molecule has 17 atom stereocenters. The van der Waals surface area contributed by atoms with Crippen molar-refractivity contribution >= 4 is 5.91 Å². The molecule has 17 unspecified atom stereocenters. The first-order valence-corrected chi connectivity index (χ1v) is 24.7. The fourth-order valence-electron chi connectivity index (χ4n) is 8.22. The molecule has 0 aromatic rings. The SMILES string of the molecule is CCCCCCCCC/C=C/CC/C=C/CC/C=C/C(O)C(COC1OC(CO)C(OC2OC(CO)C(OC3OC(CO)C(O)C(O)C3O)C(O)C2O)C(O)C1O)NC(=O)CCCCCCC. The fourth-order valence-corrected chi connectivity index (χ4v) is 8.22. The molecule has 19 heteroatoms. The van der Waals surface area contributed by atoms with Crippen molar-refractivity contribution in [2.75, 3.05) is 26.4 Å². The summed E-state index contributed by atoms with van der Waals surface area (Å²) in [5.74, 6) is -0.306. The van der Waals surface area contributed by atoms with Crippen LogP contribution in [0.4, 0.5) is 0 Å². The highest BCUT2D eigenvalue weighted by molar-refractivity contribution is 5.76. The second-order valence-corrected chi connectivity index (χ2v) is 17.9. The molecule has 390 valence electrons. The zero-order chi connectivity index (χ0) is 49.1. The van der Waals surface area contributed by atoms with Crippen molar-refractivity contribution in [3.05, 3.63) is 36.5 Å². The van der Waals surface area contributed by atoms with Gasteiger partial charge in [-0.3, -0.25) is 4.79 Å². The number of nitrogens with one attached hydrogen (secondary N) is 1. The van der Waals surface area contributed by atoms with Crippen molar-refractivity contribution in [2.45, 2.75) is 234 Å². The molecule has 3 heterocycles. The van der Waals surface area contributed by atoms with E-state index in [2.05, 4.69) is 43.5 Å². The van der Waals surface area contributed by atoms with E-state index in [4.69, 9.17) is 28.4 Å². The molecule has 0 spiro atoms. The minimum atomic E-state index is -1.98. The summed E-state index contributed by atoms with van der Waals surface area (Å²) >= 11 is 0. The van der Waals surface area contributed by atoms with Crippen LogP contribution >= 0.6 is 0 Å². The molecular formula is C48H85NO18. The second-order valence-electron chi connectivity index (χ2n) is 17.9. The number of hydrogen-bond acceptors (Lipinski definition) is 18. The number of allylic oxidation sites excluding steroid dienone is 5. The molecule has 19 nitrogen and oxygen atoms in total. The van der Waals surface area contributed by atoms with E-state index in [-0.39, 0.29) is 18.9 Å². The molecule has 3 aliphatic rings. The lowest BCUT2D eigenvalue weighted by atomic mass is 9.96. The van der Waals surface area contributed by atoms with Gasteiger partial charge in [0.1, 0.15) is 73.2 Å². The van der Waals surface area contributed by atoms with Gasteiger partial charge in [0, 0.05) is 6.42 Å². The highest BCUT2D eigenvalue weighted by Gasteiger charge is 2.53. The number of rotatable bonds is 33. The van der Waals surface area contributed by atoms with E-state index in [1.54, 1.807) is 6.08 Å². The predicted octanol–water partition coefficient (Wildman–Crippen LogP) is 1.03. The zero-order valence-corrected chi connectivity index (χ0v) is 39.6. The van der Waals surface area contributed by atoms with Crippen LogP contribution in [-0.2, 0) is 33.2 Å². The minimum Gasteiger partial charge on any atom is -0.394 e. The number of carbonyl (C=O) groups is 1. The standard InChI is InChI=1S/C48H85NO18/c1-3-5-7-9-10-11-12-13-14-15-16-17-18-19-20-22-23-25-32(53)31(49-36(54)26-24-21-8-6-4-2)30-62-46-42(60)39(57)44(34(28-51)64-46)67-48-43(61)40(58)45(35(29-52)65-48)66-47-41(59)38(56)37(55)33(27-50)63-47/h14-15,18-19,23,25,31-35,37-48,50-53,55-61H,3-13,16-17,20-22,24,26-30H2,1-2H3,(H,49,54)/b15-14+,19-18+,25-23+. The molecule has 0 aliphatic carbocycles. The zero-order valence-electron chi connectivity index (χ0n) is 39.6. The molecule has 1 amide bonds. The summed E-state index contributed by atoms with van der Waals surface area (Å²) in [6.07, 6.45) is 3.62. The quantitative estimate of drug-likeness (QED) is 0.0323. The maximum Gasteiger partial charge on any atom is 0.220 e. The van der Waals surface area contributed by atoms with Crippen LogP contribution in [0.1, 0.15) is 129 Å². The second kappa shape index (κ2) is 33.6. The van der Waals surface area contributed by atoms with Crippen molar-refractivity contribution in [3.63, 3.8) is 0 Å². The monoisotopic (exact) mass is 964 g/mol. The summed E-state index contributed by atoms with van der Waals surface area (Å²) < 4.78 is 33.9.